The molecule has 0 spiro atoms. The summed E-state index contributed by atoms with van der Waals surface area (Å²) in [6, 6.07) is 0. The predicted octanol–water partition coefficient (Wildman–Crippen LogP) is -0.0307. The van der Waals surface area contributed by atoms with Crippen LogP contribution in [0.4, 0.5) is 0 Å². The Labute approximate surface area is 90.6 Å². The molecule has 1 saturated carbocycles. The summed E-state index contributed by atoms with van der Waals surface area (Å²) in [4.78, 5) is 13.7. The lowest BCUT2D eigenvalue weighted by atomic mass is 9.95. The zero-order valence-electron chi connectivity index (χ0n) is 9.33. The molecule has 1 amide bonds. The van der Waals surface area contributed by atoms with Crippen molar-refractivity contribution in [2.75, 3.05) is 26.2 Å². The van der Waals surface area contributed by atoms with Crippen molar-refractivity contribution in [1.29, 1.82) is 0 Å². The lowest BCUT2D eigenvalue weighted by Crippen LogP contribution is -2.48. The molecule has 0 aromatic rings. The van der Waals surface area contributed by atoms with E-state index < -0.39 is 5.60 Å². The first-order chi connectivity index (χ1) is 7.09. The third-order valence-electron chi connectivity index (χ3n) is 3.44. The number of carbonyl (C=O) groups excluding carboxylic acids is 1. The van der Waals surface area contributed by atoms with Crippen LogP contribution in [0.15, 0.2) is 0 Å². The number of hydrogen-bond donors (Lipinski definition) is 2. The first-order valence-electron chi connectivity index (χ1n) is 5.80. The van der Waals surface area contributed by atoms with Crippen LogP contribution in [0.25, 0.3) is 0 Å². The van der Waals surface area contributed by atoms with Gasteiger partial charge in [0.2, 0.25) is 5.91 Å². The third kappa shape index (κ3) is 2.69. The average Bonchev–Trinajstić information content (AvgIpc) is 3.01. The Morgan fingerprint density at radius 2 is 2.07 bits per heavy atom. The van der Waals surface area contributed by atoms with Crippen LogP contribution in [0.2, 0.25) is 0 Å². The topological polar surface area (TPSA) is 52.6 Å². The van der Waals surface area contributed by atoms with Crippen LogP contribution in [-0.4, -0.2) is 47.7 Å². The number of piperazine rings is 1. The van der Waals surface area contributed by atoms with E-state index in [0.29, 0.717) is 5.92 Å². The molecular weight excluding hydrogens is 192 g/mol. The van der Waals surface area contributed by atoms with Gasteiger partial charge < -0.3 is 15.3 Å². The van der Waals surface area contributed by atoms with Gasteiger partial charge in [0, 0.05) is 26.2 Å². The van der Waals surface area contributed by atoms with Gasteiger partial charge in [-0.1, -0.05) is 0 Å². The highest BCUT2D eigenvalue weighted by Gasteiger charge is 2.42. The van der Waals surface area contributed by atoms with Crippen LogP contribution >= 0.6 is 0 Å². The lowest BCUT2D eigenvalue weighted by molar-refractivity contribution is -0.137. The van der Waals surface area contributed by atoms with Crippen LogP contribution < -0.4 is 5.32 Å². The fraction of sp³-hybridized carbons (Fsp3) is 0.909. The minimum atomic E-state index is -0.776. The van der Waals surface area contributed by atoms with E-state index in [1.807, 2.05) is 4.90 Å². The SMILES string of the molecule is CC(O)(CC(=O)N1CCNCC1)C1CC1. The molecule has 1 atom stereocenters. The Morgan fingerprint density at radius 1 is 1.47 bits per heavy atom. The van der Waals surface area contributed by atoms with Gasteiger partial charge in [-0.25, -0.2) is 0 Å². The molecule has 4 nitrogen and oxygen atoms in total. The van der Waals surface area contributed by atoms with Gasteiger partial charge in [-0.2, -0.15) is 0 Å². The fourth-order valence-electron chi connectivity index (χ4n) is 2.18. The van der Waals surface area contributed by atoms with Crippen molar-refractivity contribution in [3.05, 3.63) is 0 Å². The molecule has 2 aliphatic rings. The molecule has 1 saturated heterocycles. The van der Waals surface area contributed by atoms with E-state index in [1.54, 1.807) is 6.92 Å². The van der Waals surface area contributed by atoms with Crippen molar-refractivity contribution in [2.45, 2.75) is 31.8 Å². The quantitative estimate of drug-likeness (QED) is 0.690. The van der Waals surface area contributed by atoms with Crippen molar-refractivity contribution in [2.24, 2.45) is 5.92 Å². The zero-order chi connectivity index (χ0) is 10.9. The summed E-state index contributed by atoms with van der Waals surface area (Å²) in [5, 5.41) is 13.3. The summed E-state index contributed by atoms with van der Waals surface area (Å²) in [6.07, 6.45) is 2.43. The Bertz CT molecular complexity index is 243. The maximum absolute atomic E-state index is 11.9. The second-order valence-corrected chi connectivity index (χ2v) is 4.94. The number of amides is 1. The van der Waals surface area contributed by atoms with Crippen molar-refractivity contribution in [1.82, 2.24) is 10.2 Å². The largest absolute Gasteiger partial charge is 0.389 e. The second-order valence-electron chi connectivity index (χ2n) is 4.94. The standard InChI is InChI=1S/C11H20N2O2/c1-11(15,9-2-3-9)8-10(14)13-6-4-12-5-7-13/h9,12,15H,2-8H2,1H3. The van der Waals surface area contributed by atoms with Gasteiger partial charge in [-0.3, -0.25) is 4.79 Å². The van der Waals surface area contributed by atoms with Crippen molar-refractivity contribution in [3.63, 3.8) is 0 Å². The smallest absolute Gasteiger partial charge is 0.225 e. The predicted molar refractivity (Wildman–Crippen MR) is 57.4 cm³/mol. The highest BCUT2D eigenvalue weighted by Crippen LogP contribution is 2.41. The molecular formula is C11H20N2O2. The number of rotatable bonds is 3. The van der Waals surface area contributed by atoms with Gasteiger partial charge in [-0.15, -0.1) is 0 Å². The van der Waals surface area contributed by atoms with E-state index in [2.05, 4.69) is 5.32 Å². The summed E-state index contributed by atoms with van der Waals surface area (Å²) in [6.45, 7) is 5.10. The van der Waals surface area contributed by atoms with E-state index in [1.165, 1.54) is 0 Å². The maximum Gasteiger partial charge on any atom is 0.225 e. The van der Waals surface area contributed by atoms with Crippen LogP contribution in [0.5, 0.6) is 0 Å². The van der Waals surface area contributed by atoms with Crippen LogP contribution in [-0.2, 0) is 4.79 Å². The summed E-state index contributed by atoms with van der Waals surface area (Å²) in [5.74, 6) is 0.456. The summed E-state index contributed by atoms with van der Waals surface area (Å²) in [7, 11) is 0. The minimum absolute atomic E-state index is 0.105. The van der Waals surface area contributed by atoms with Crippen LogP contribution in [0.3, 0.4) is 0 Å². The first-order valence-corrected chi connectivity index (χ1v) is 5.80. The minimum Gasteiger partial charge on any atom is -0.389 e. The number of aliphatic hydroxyl groups is 1. The van der Waals surface area contributed by atoms with Gasteiger partial charge in [0.1, 0.15) is 0 Å². The monoisotopic (exact) mass is 212 g/mol. The summed E-state index contributed by atoms with van der Waals surface area (Å²) in [5.41, 5.74) is -0.776. The molecule has 2 fully saturated rings. The number of nitrogens with one attached hydrogen (secondary N) is 1. The van der Waals surface area contributed by atoms with Crippen molar-refractivity contribution in [3.8, 4) is 0 Å². The number of carbonyl (C=O) groups is 1. The number of nitrogens with zero attached hydrogens (tertiary/aromatic N) is 1. The Morgan fingerprint density at radius 3 is 2.60 bits per heavy atom. The molecule has 15 heavy (non-hydrogen) atoms. The molecule has 1 unspecified atom stereocenters. The fourth-order valence-corrected chi connectivity index (χ4v) is 2.18. The van der Waals surface area contributed by atoms with E-state index >= 15 is 0 Å². The molecule has 86 valence electrons. The van der Waals surface area contributed by atoms with Gasteiger partial charge in [-0.05, 0) is 25.7 Å². The Balaban J connectivity index is 1.84. The molecule has 0 bridgehead atoms. The van der Waals surface area contributed by atoms with Crippen molar-refractivity contribution >= 4 is 5.91 Å². The summed E-state index contributed by atoms with van der Waals surface area (Å²) >= 11 is 0. The van der Waals surface area contributed by atoms with Crippen LogP contribution in [0, 0.1) is 5.92 Å². The van der Waals surface area contributed by atoms with Crippen LogP contribution in [0.1, 0.15) is 26.2 Å². The van der Waals surface area contributed by atoms with E-state index in [0.717, 1.165) is 39.0 Å². The zero-order valence-corrected chi connectivity index (χ0v) is 9.33. The highest BCUT2D eigenvalue weighted by atomic mass is 16.3. The maximum atomic E-state index is 11.9. The molecule has 0 aromatic heterocycles. The average molecular weight is 212 g/mol. The Kier molecular flexibility index (Phi) is 2.98. The van der Waals surface area contributed by atoms with E-state index in [-0.39, 0.29) is 12.3 Å². The molecule has 0 radical (unpaired) electrons. The van der Waals surface area contributed by atoms with Gasteiger partial charge in [0.05, 0.1) is 12.0 Å². The molecule has 1 heterocycles. The molecule has 2 rings (SSSR count). The molecule has 1 aliphatic carbocycles. The third-order valence-corrected chi connectivity index (χ3v) is 3.44. The van der Waals surface area contributed by atoms with E-state index in [4.69, 9.17) is 0 Å². The van der Waals surface area contributed by atoms with E-state index in [9.17, 15) is 9.90 Å². The molecule has 0 aromatic carbocycles. The van der Waals surface area contributed by atoms with Gasteiger partial charge >= 0.3 is 0 Å². The Hall–Kier alpha value is -0.610. The number of hydrogen-bond acceptors (Lipinski definition) is 3. The molecule has 1 aliphatic heterocycles. The highest BCUT2D eigenvalue weighted by molar-refractivity contribution is 5.77. The van der Waals surface area contributed by atoms with Crippen molar-refractivity contribution < 1.29 is 9.90 Å². The molecule has 2 N–H and O–H groups in total. The normalized spacial score (nSPS) is 26.1. The summed E-state index contributed by atoms with van der Waals surface area (Å²) < 4.78 is 0. The second kappa shape index (κ2) is 4.10. The lowest BCUT2D eigenvalue weighted by Gasteiger charge is -2.31. The van der Waals surface area contributed by atoms with Gasteiger partial charge in [0.15, 0.2) is 0 Å². The van der Waals surface area contributed by atoms with Gasteiger partial charge in [0.25, 0.3) is 0 Å². The molecule has 4 heteroatoms. The first kappa shape index (κ1) is 10.9.